The SMILES string of the molecule is CCC(O[Si](C)C)C(=O)O[Si](C)(C)C. The van der Waals surface area contributed by atoms with Gasteiger partial charge in [-0.3, -0.25) is 4.79 Å². The first-order valence-corrected chi connectivity index (χ1v) is 10.8. The van der Waals surface area contributed by atoms with Crippen molar-refractivity contribution in [2.75, 3.05) is 0 Å². The van der Waals surface area contributed by atoms with Gasteiger partial charge in [-0.25, -0.2) is 0 Å². The zero-order valence-electron chi connectivity index (χ0n) is 10.0. The molecule has 0 aromatic carbocycles. The van der Waals surface area contributed by atoms with E-state index in [4.69, 9.17) is 8.85 Å². The Labute approximate surface area is 89.7 Å². The third-order valence-electron chi connectivity index (χ3n) is 1.42. The van der Waals surface area contributed by atoms with Crippen molar-refractivity contribution in [1.29, 1.82) is 0 Å². The van der Waals surface area contributed by atoms with Crippen molar-refractivity contribution in [3.63, 3.8) is 0 Å². The van der Waals surface area contributed by atoms with Crippen molar-refractivity contribution in [3.8, 4) is 0 Å². The van der Waals surface area contributed by atoms with Crippen LogP contribution < -0.4 is 0 Å². The van der Waals surface area contributed by atoms with Crippen molar-refractivity contribution in [2.24, 2.45) is 0 Å². The van der Waals surface area contributed by atoms with Crippen LogP contribution in [0.4, 0.5) is 0 Å². The molecule has 0 amide bonds. The van der Waals surface area contributed by atoms with Crippen molar-refractivity contribution < 1.29 is 13.6 Å². The minimum Gasteiger partial charge on any atom is -0.518 e. The van der Waals surface area contributed by atoms with Gasteiger partial charge in [-0.15, -0.1) is 0 Å². The van der Waals surface area contributed by atoms with E-state index in [2.05, 4.69) is 0 Å². The molecule has 14 heavy (non-hydrogen) atoms. The second-order valence-electron chi connectivity index (χ2n) is 4.46. The summed E-state index contributed by atoms with van der Waals surface area (Å²) >= 11 is 0. The average molecular weight is 233 g/mol. The van der Waals surface area contributed by atoms with Crippen molar-refractivity contribution >= 4 is 23.3 Å². The zero-order chi connectivity index (χ0) is 11.4. The van der Waals surface area contributed by atoms with E-state index in [1.54, 1.807) is 0 Å². The Bertz CT molecular complexity index is 187. The molecule has 0 bridgehead atoms. The van der Waals surface area contributed by atoms with Gasteiger partial charge in [-0.05, 0) is 39.2 Å². The Morgan fingerprint density at radius 2 is 1.86 bits per heavy atom. The van der Waals surface area contributed by atoms with Crippen LogP contribution in [-0.4, -0.2) is 29.4 Å². The van der Waals surface area contributed by atoms with Gasteiger partial charge in [0.25, 0.3) is 0 Å². The van der Waals surface area contributed by atoms with Crippen LogP contribution in [0.15, 0.2) is 0 Å². The second-order valence-corrected chi connectivity index (χ2v) is 10.9. The Kier molecular flexibility index (Phi) is 5.62. The van der Waals surface area contributed by atoms with Crippen LogP contribution >= 0.6 is 0 Å². The van der Waals surface area contributed by atoms with Gasteiger partial charge in [0.2, 0.25) is 17.4 Å². The van der Waals surface area contributed by atoms with Gasteiger partial charge in [0.05, 0.1) is 0 Å². The molecule has 0 N–H and O–H groups in total. The quantitative estimate of drug-likeness (QED) is 0.684. The summed E-state index contributed by atoms with van der Waals surface area (Å²) in [5.74, 6) is -0.183. The Morgan fingerprint density at radius 1 is 1.36 bits per heavy atom. The lowest BCUT2D eigenvalue weighted by Crippen LogP contribution is -2.37. The number of hydrogen-bond donors (Lipinski definition) is 0. The molecule has 0 aromatic heterocycles. The fraction of sp³-hybridized carbons (Fsp3) is 0.889. The minimum absolute atomic E-state index is 0.183. The molecule has 0 heterocycles. The Balaban J connectivity index is 4.18. The zero-order valence-corrected chi connectivity index (χ0v) is 12.0. The molecule has 0 fully saturated rings. The third-order valence-corrected chi connectivity index (χ3v) is 2.99. The van der Waals surface area contributed by atoms with E-state index >= 15 is 0 Å². The monoisotopic (exact) mass is 233 g/mol. The highest BCUT2D eigenvalue weighted by atomic mass is 28.4. The van der Waals surface area contributed by atoms with E-state index in [1.165, 1.54) is 0 Å². The summed E-state index contributed by atoms with van der Waals surface area (Å²) in [5.41, 5.74) is 0. The smallest absolute Gasteiger partial charge is 0.320 e. The van der Waals surface area contributed by atoms with Crippen LogP contribution in [0.3, 0.4) is 0 Å². The molecule has 0 aliphatic rings. The van der Waals surface area contributed by atoms with Crippen molar-refractivity contribution in [3.05, 3.63) is 0 Å². The van der Waals surface area contributed by atoms with Crippen LogP contribution in [-0.2, 0) is 13.6 Å². The first kappa shape index (κ1) is 13.9. The molecule has 1 unspecified atom stereocenters. The number of carbonyl (C=O) groups excluding carboxylic acids is 1. The largest absolute Gasteiger partial charge is 0.518 e. The highest BCUT2D eigenvalue weighted by Gasteiger charge is 2.26. The first-order valence-electron chi connectivity index (χ1n) is 4.96. The van der Waals surface area contributed by atoms with Crippen LogP contribution in [0.2, 0.25) is 32.7 Å². The molecule has 0 saturated carbocycles. The van der Waals surface area contributed by atoms with E-state index in [0.717, 1.165) is 0 Å². The summed E-state index contributed by atoms with van der Waals surface area (Å²) in [6, 6.07) is 0. The summed E-state index contributed by atoms with van der Waals surface area (Å²) in [6.07, 6.45) is 0.338. The van der Waals surface area contributed by atoms with Crippen LogP contribution in [0, 0.1) is 0 Å². The lowest BCUT2D eigenvalue weighted by Gasteiger charge is -2.23. The van der Waals surface area contributed by atoms with Crippen molar-refractivity contribution in [1.82, 2.24) is 0 Å². The fourth-order valence-corrected chi connectivity index (χ4v) is 2.52. The number of rotatable bonds is 5. The summed E-state index contributed by atoms with van der Waals surface area (Å²) in [7, 11) is -2.60. The van der Waals surface area contributed by atoms with E-state index < -0.39 is 17.4 Å². The fourth-order valence-electron chi connectivity index (χ4n) is 0.950. The van der Waals surface area contributed by atoms with E-state index in [1.807, 2.05) is 39.7 Å². The number of hydrogen-bond acceptors (Lipinski definition) is 3. The Hall–Kier alpha value is -0.136. The topological polar surface area (TPSA) is 35.5 Å². The lowest BCUT2D eigenvalue weighted by atomic mass is 10.3. The molecule has 0 aromatic rings. The van der Waals surface area contributed by atoms with E-state index in [0.29, 0.717) is 6.42 Å². The molecule has 5 heteroatoms. The molecule has 0 aliphatic heterocycles. The molecule has 83 valence electrons. The van der Waals surface area contributed by atoms with Gasteiger partial charge in [0, 0.05) is 0 Å². The summed E-state index contributed by atoms with van der Waals surface area (Å²) in [6.45, 7) is 12.0. The minimum atomic E-state index is -1.77. The summed E-state index contributed by atoms with van der Waals surface area (Å²) < 4.78 is 10.9. The average Bonchev–Trinajstić information content (AvgIpc) is 1.96. The molecular weight excluding hydrogens is 212 g/mol. The molecule has 3 nitrogen and oxygen atoms in total. The van der Waals surface area contributed by atoms with Gasteiger partial charge in [-0.1, -0.05) is 6.92 Å². The number of carbonyl (C=O) groups is 1. The van der Waals surface area contributed by atoms with Gasteiger partial charge in [0.1, 0.15) is 6.10 Å². The highest BCUT2D eigenvalue weighted by Crippen LogP contribution is 2.09. The molecule has 0 aliphatic carbocycles. The van der Waals surface area contributed by atoms with Gasteiger partial charge in [-0.2, -0.15) is 0 Å². The summed E-state index contributed by atoms with van der Waals surface area (Å²) in [5, 5.41) is 0. The Morgan fingerprint density at radius 3 is 2.14 bits per heavy atom. The van der Waals surface area contributed by atoms with E-state index in [9.17, 15) is 4.79 Å². The lowest BCUT2D eigenvalue weighted by molar-refractivity contribution is -0.143. The van der Waals surface area contributed by atoms with Crippen LogP contribution in [0.25, 0.3) is 0 Å². The maximum absolute atomic E-state index is 11.6. The maximum atomic E-state index is 11.6. The van der Waals surface area contributed by atoms with Gasteiger partial charge >= 0.3 is 5.97 Å². The van der Waals surface area contributed by atoms with Gasteiger partial charge in [0.15, 0.2) is 0 Å². The normalized spacial score (nSPS) is 14.2. The summed E-state index contributed by atoms with van der Waals surface area (Å²) in [4.78, 5) is 11.6. The van der Waals surface area contributed by atoms with Crippen LogP contribution in [0.5, 0.6) is 0 Å². The van der Waals surface area contributed by atoms with Crippen LogP contribution in [0.1, 0.15) is 13.3 Å². The molecule has 0 rings (SSSR count). The first-order chi connectivity index (χ1) is 6.26. The standard InChI is InChI=1S/C9H21O3Si2/c1-7-8(11-13(2)3)9(10)12-14(4,5)6/h8H,7H2,1-6H3. The molecule has 0 saturated heterocycles. The third kappa shape index (κ3) is 6.34. The molecular formula is C9H21O3Si2. The van der Waals surface area contributed by atoms with E-state index in [-0.39, 0.29) is 12.1 Å². The molecule has 1 radical (unpaired) electrons. The second kappa shape index (κ2) is 5.67. The highest BCUT2D eigenvalue weighted by molar-refractivity contribution is 6.71. The van der Waals surface area contributed by atoms with Gasteiger partial charge < -0.3 is 8.85 Å². The predicted molar refractivity (Wildman–Crippen MR) is 62.1 cm³/mol. The molecule has 1 atom stereocenters. The molecule has 0 spiro atoms. The predicted octanol–water partition coefficient (Wildman–Crippen LogP) is 2.41. The van der Waals surface area contributed by atoms with Crippen molar-refractivity contribution in [2.45, 2.75) is 52.2 Å². The maximum Gasteiger partial charge on any atom is 0.320 e.